The van der Waals surface area contributed by atoms with Crippen LogP contribution in [0, 0.1) is 5.82 Å². The summed E-state index contributed by atoms with van der Waals surface area (Å²) in [6, 6.07) is 2.47. The number of carbonyl (C=O) groups is 1. The van der Waals surface area contributed by atoms with Crippen LogP contribution in [0.25, 0.3) is 10.9 Å². The van der Waals surface area contributed by atoms with Crippen LogP contribution in [0.1, 0.15) is 24.2 Å². The van der Waals surface area contributed by atoms with E-state index in [1.807, 2.05) is 0 Å². The zero-order chi connectivity index (χ0) is 15.6. The smallest absolute Gasteiger partial charge is 0.341 e. The highest BCUT2D eigenvalue weighted by Gasteiger charge is 2.16. The summed E-state index contributed by atoms with van der Waals surface area (Å²) in [7, 11) is 0. The zero-order valence-corrected chi connectivity index (χ0v) is 11.6. The molecule has 7 heteroatoms. The second-order valence-electron chi connectivity index (χ2n) is 4.31. The summed E-state index contributed by atoms with van der Waals surface area (Å²) in [6.45, 7) is 3.92. The molecule has 2 N–H and O–H groups in total. The van der Waals surface area contributed by atoms with Crippen molar-refractivity contribution >= 4 is 28.8 Å². The maximum atomic E-state index is 14.0. The zero-order valence-electron chi connectivity index (χ0n) is 11.6. The number of carboxylic acid groups (broad SMARTS) is 1. The van der Waals surface area contributed by atoms with E-state index in [2.05, 4.69) is 10.5 Å². The van der Waals surface area contributed by atoms with Crippen molar-refractivity contribution in [3.8, 4) is 0 Å². The molecule has 6 nitrogen and oxygen atoms in total. The number of benzene rings is 1. The highest BCUT2D eigenvalue weighted by Crippen LogP contribution is 2.22. The first-order valence-electron chi connectivity index (χ1n) is 6.33. The highest BCUT2D eigenvalue weighted by atomic mass is 19.1. The summed E-state index contributed by atoms with van der Waals surface area (Å²) >= 11 is 0. The van der Waals surface area contributed by atoms with Gasteiger partial charge in [-0.3, -0.25) is 10.2 Å². The molecule has 0 aliphatic carbocycles. The minimum Gasteiger partial charge on any atom is -0.477 e. The number of anilines is 1. The second-order valence-corrected chi connectivity index (χ2v) is 4.31. The van der Waals surface area contributed by atoms with Crippen molar-refractivity contribution in [2.24, 2.45) is 5.10 Å². The Morgan fingerprint density at radius 1 is 1.52 bits per heavy atom. The van der Waals surface area contributed by atoms with Gasteiger partial charge in [-0.25, -0.2) is 9.18 Å². The van der Waals surface area contributed by atoms with E-state index >= 15 is 0 Å². The lowest BCUT2D eigenvalue weighted by atomic mass is 10.1. The van der Waals surface area contributed by atoms with Crippen LogP contribution in [0.3, 0.4) is 0 Å². The summed E-state index contributed by atoms with van der Waals surface area (Å²) in [5, 5.41) is 12.8. The van der Waals surface area contributed by atoms with Crippen molar-refractivity contribution in [2.75, 3.05) is 5.43 Å². The Bertz CT molecular complexity index is 796. The summed E-state index contributed by atoms with van der Waals surface area (Å²) in [5.74, 6) is -2.00. The summed E-state index contributed by atoms with van der Waals surface area (Å²) in [5.41, 5.74) is 2.01. The molecule has 2 rings (SSSR count). The van der Waals surface area contributed by atoms with Gasteiger partial charge in [0.1, 0.15) is 11.4 Å². The van der Waals surface area contributed by atoms with E-state index in [4.69, 9.17) is 5.11 Å². The fraction of sp³-hybridized carbons (Fsp3) is 0.214. The van der Waals surface area contributed by atoms with Crippen molar-refractivity contribution in [1.29, 1.82) is 0 Å². The molecular formula is C14H14FN3O3. The normalized spacial score (nSPS) is 11.2. The van der Waals surface area contributed by atoms with E-state index in [0.29, 0.717) is 12.1 Å². The number of aryl methyl sites for hydroxylation is 1. The number of nitrogens with zero attached hydrogens (tertiary/aromatic N) is 2. The van der Waals surface area contributed by atoms with Gasteiger partial charge in [-0.15, -0.1) is 0 Å². The Morgan fingerprint density at radius 2 is 2.24 bits per heavy atom. The first kappa shape index (κ1) is 14.7. The van der Waals surface area contributed by atoms with Crippen LogP contribution in [0.5, 0.6) is 0 Å². The molecule has 0 radical (unpaired) electrons. The SMILES string of the molecule is CC=NNc1cc2c(cc1F)c(=O)c(C(=O)O)cn2CC. The Balaban J connectivity index is 2.81. The van der Waals surface area contributed by atoms with Gasteiger partial charge < -0.3 is 9.67 Å². The molecule has 0 amide bonds. The van der Waals surface area contributed by atoms with Crippen LogP contribution in [-0.2, 0) is 6.54 Å². The third-order valence-electron chi connectivity index (χ3n) is 3.05. The van der Waals surface area contributed by atoms with Gasteiger partial charge in [0.05, 0.1) is 11.2 Å². The van der Waals surface area contributed by atoms with Gasteiger partial charge in [0.25, 0.3) is 0 Å². The minimum atomic E-state index is -1.33. The second kappa shape index (κ2) is 5.74. The Labute approximate surface area is 119 Å². The fourth-order valence-electron chi connectivity index (χ4n) is 2.04. The first-order valence-corrected chi connectivity index (χ1v) is 6.33. The van der Waals surface area contributed by atoms with Gasteiger partial charge in [-0.2, -0.15) is 5.10 Å². The fourth-order valence-corrected chi connectivity index (χ4v) is 2.04. The third kappa shape index (κ3) is 2.62. The number of fused-ring (bicyclic) bond motifs is 1. The highest BCUT2D eigenvalue weighted by molar-refractivity contribution is 5.93. The molecule has 0 fully saturated rings. The number of aromatic carboxylic acids is 1. The first-order chi connectivity index (χ1) is 9.99. The molecule has 1 aromatic heterocycles. The topological polar surface area (TPSA) is 83.7 Å². The molecule has 0 aliphatic heterocycles. The van der Waals surface area contributed by atoms with Crippen molar-refractivity contribution < 1.29 is 14.3 Å². The van der Waals surface area contributed by atoms with Crippen molar-refractivity contribution in [3.63, 3.8) is 0 Å². The quantitative estimate of drug-likeness (QED) is 0.668. The number of nitrogens with one attached hydrogen (secondary N) is 1. The Morgan fingerprint density at radius 3 is 2.81 bits per heavy atom. The van der Waals surface area contributed by atoms with Crippen LogP contribution >= 0.6 is 0 Å². The van der Waals surface area contributed by atoms with Crippen LogP contribution in [-0.4, -0.2) is 21.9 Å². The summed E-state index contributed by atoms with van der Waals surface area (Å²) in [4.78, 5) is 23.2. The van der Waals surface area contributed by atoms with E-state index in [1.165, 1.54) is 18.5 Å². The molecule has 0 spiro atoms. The number of hydrogen-bond acceptors (Lipinski definition) is 4. The van der Waals surface area contributed by atoms with Crippen LogP contribution in [0.2, 0.25) is 0 Å². The van der Waals surface area contributed by atoms with Gasteiger partial charge in [0.15, 0.2) is 0 Å². The van der Waals surface area contributed by atoms with Gasteiger partial charge in [-0.05, 0) is 26.0 Å². The number of hydrazone groups is 1. The lowest BCUT2D eigenvalue weighted by molar-refractivity contribution is 0.0695. The molecule has 0 unspecified atom stereocenters. The van der Waals surface area contributed by atoms with Crippen molar-refractivity contribution in [2.45, 2.75) is 20.4 Å². The molecule has 1 heterocycles. The predicted molar refractivity (Wildman–Crippen MR) is 78.6 cm³/mol. The molecule has 0 bridgehead atoms. The van der Waals surface area contributed by atoms with Crippen LogP contribution in [0.15, 0.2) is 28.2 Å². The molecule has 0 aliphatic rings. The van der Waals surface area contributed by atoms with Crippen LogP contribution in [0.4, 0.5) is 10.1 Å². The maximum Gasteiger partial charge on any atom is 0.341 e. The number of halogens is 1. The molecule has 21 heavy (non-hydrogen) atoms. The Hall–Kier alpha value is -2.70. The largest absolute Gasteiger partial charge is 0.477 e. The van der Waals surface area contributed by atoms with Gasteiger partial charge in [0.2, 0.25) is 5.43 Å². The maximum absolute atomic E-state index is 14.0. The van der Waals surface area contributed by atoms with E-state index < -0.39 is 17.2 Å². The standard InChI is InChI=1S/C14H14FN3O3/c1-3-16-17-11-6-12-8(5-10(11)15)13(19)9(14(20)21)7-18(12)4-2/h3,5-7,17H,4H2,1-2H3,(H,20,21). The average Bonchev–Trinajstić information content (AvgIpc) is 2.46. The number of hydrogen-bond donors (Lipinski definition) is 2. The van der Waals surface area contributed by atoms with E-state index in [0.717, 1.165) is 6.07 Å². The molecular weight excluding hydrogens is 277 g/mol. The molecule has 1 aromatic carbocycles. The van der Waals surface area contributed by atoms with Crippen molar-refractivity contribution in [3.05, 3.63) is 39.9 Å². The monoisotopic (exact) mass is 291 g/mol. The van der Waals surface area contributed by atoms with Gasteiger partial charge in [0, 0.05) is 24.3 Å². The van der Waals surface area contributed by atoms with E-state index in [1.54, 1.807) is 18.4 Å². The molecule has 2 aromatic rings. The molecule has 0 saturated heterocycles. The number of aromatic nitrogens is 1. The number of carboxylic acids is 1. The Kier molecular flexibility index (Phi) is 4.02. The third-order valence-corrected chi connectivity index (χ3v) is 3.05. The van der Waals surface area contributed by atoms with E-state index in [-0.39, 0.29) is 16.6 Å². The average molecular weight is 291 g/mol. The van der Waals surface area contributed by atoms with Gasteiger partial charge >= 0.3 is 5.97 Å². The molecule has 0 saturated carbocycles. The predicted octanol–water partition coefficient (Wildman–Crippen LogP) is 2.28. The summed E-state index contributed by atoms with van der Waals surface area (Å²) < 4.78 is 15.5. The van der Waals surface area contributed by atoms with Crippen LogP contribution < -0.4 is 10.9 Å². The molecule has 0 atom stereocenters. The van der Waals surface area contributed by atoms with E-state index in [9.17, 15) is 14.0 Å². The summed E-state index contributed by atoms with van der Waals surface area (Å²) in [6.07, 6.45) is 2.72. The number of pyridine rings is 1. The van der Waals surface area contributed by atoms with Crippen molar-refractivity contribution in [1.82, 2.24) is 4.57 Å². The van der Waals surface area contributed by atoms with Gasteiger partial charge in [-0.1, -0.05) is 0 Å². The lowest BCUT2D eigenvalue weighted by Gasteiger charge is -2.12. The molecule has 110 valence electrons. The lowest BCUT2D eigenvalue weighted by Crippen LogP contribution is -2.19. The minimum absolute atomic E-state index is 0.0280. The number of rotatable bonds is 4.